The highest BCUT2D eigenvalue weighted by Crippen LogP contribution is 2.13. The van der Waals surface area contributed by atoms with Gasteiger partial charge < -0.3 is 4.90 Å². The molecule has 0 aliphatic heterocycles. The molecule has 18 heavy (non-hydrogen) atoms. The number of hydrogen-bond donors (Lipinski definition) is 1. The third-order valence-corrected chi connectivity index (χ3v) is 4.61. The number of rotatable bonds is 8. The number of aryl methyl sites for hydroxylation is 2. The first-order valence-corrected chi connectivity index (χ1v) is 8.05. The Morgan fingerprint density at radius 3 is 2.61 bits per heavy atom. The largest absolute Gasteiger partial charge is 0.306 e. The maximum atomic E-state index is 4.24. The standard InChI is InChI=1S/C14H27N3S/c1-11(18-5)8-10-17(4)9-6-7-14-12(2)15-16-13(14)3/h11H,6-10H2,1-5H3,(H,15,16)/t11-/m1/s1. The van der Waals surface area contributed by atoms with Gasteiger partial charge in [-0.15, -0.1) is 0 Å². The Hall–Kier alpha value is -0.480. The van der Waals surface area contributed by atoms with Crippen molar-refractivity contribution in [2.45, 2.75) is 45.3 Å². The molecule has 0 fully saturated rings. The average Bonchev–Trinajstić information content (AvgIpc) is 2.67. The summed E-state index contributed by atoms with van der Waals surface area (Å²) in [6.07, 6.45) is 5.82. The summed E-state index contributed by atoms with van der Waals surface area (Å²) in [5.41, 5.74) is 3.79. The van der Waals surface area contributed by atoms with E-state index in [1.165, 1.54) is 37.2 Å². The molecule has 0 bridgehead atoms. The molecule has 1 aromatic rings. The van der Waals surface area contributed by atoms with Crippen LogP contribution < -0.4 is 0 Å². The van der Waals surface area contributed by atoms with E-state index in [1.807, 2.05) is 11.8 Å². The van der Waals surface area contributed by atoms with Crippen molar-refractivity contribution < 1.29 is 0 Å². The Balaban J connectivity index is 2.21. The summed E-state index contributed by atoms with van der Waals surface area (Å²) >= 11 is 1.95. The number of nitrogens with zero attached hydrogens (tertiary/aromatic N) is 2. The van der Waals surface area contributed by atoms with E-state index in [-0.39, 0.29) is 0 Å². The molecular weight excluding hydrogens is 242 g/mol. The van der Waals surface area contributed by atoms with Gasteiger partial charge in [0.1, 0.15) is 0 Å². The Labute approximate surface area is 116 Å². The Morgan fingerprint density at radius 1 is 1.33 bits per heavy atom. The molecule has 0 unspecified atom stereocenters. The van der Waals surface area contributed by atoms with E-state index in [0.29, 0.717) is 0 Å². The molecule has 4 heteroatoms. The molecule has 1 rings (SSSR count). The smallest absolute Gasteiger partial charge is 0.0625 e. The van der Waals surface area contributed by atoms with E-state index in [2.05, 4.69) is 49.2 Å². The predicted octanol–water partition coefficient (Wildman–Crippen LogP) is 3.03. The molecule has 0 aliphatic carbocycles. The summed E-state index contributed by atoms with van der Waals surface area (Å²) in [4.78, 5) is 2.44. The van der Waals surface area contributed by atoms with Gasteiger partial charge in [0.15, 0.2) is 0 Å². The summed E-state index contributed by atoms with van der Waals surface area (Å²) in [7, 11) is 2.22. The van der Waals surface area contributed by atoms with Crippen molar-refractivity contribution in [2.24, 2.45) is 0 Å². The van der Waals surface area contributed by atoms with E-state index in [1.54, 1.807) is 0 Å². The minimum atomic E-state index is 0.769. The average molecular weight is 269 g/mol. The van der Waals surface area contributed by atoms with Gasteiger partial charge in [0.05, 0.1) is 5.69 Å². The van der Waals surface area contributed by atoms with Crippen LogP contribution in [0, 0.1) is 13.8 Å². The highest BCUT2D eigenvalue weighted by molar-refractivity contribution is 7.99. The number of aromatic nitrogens is 2. The topological polar surface area (TPSA) is 31.9 Å². The fourth-order valence-electron chi connectivity index (χ4n) is 2.10. The molecule has 0 saturated carbocycles. The van der Waals surface area contributed by atoms with Crippen LogP contribution in [0.2, 0.25) is 0 Å². The molecule has 104 valence electrons. The Kier molecular flexibility index (Phi) is 6.79. The Morgan fingerprint density at radius 2 is 2.06 bits per heavy atom. The van der Waals surface area contributed by atoms with Crippen molar-refractivity contribution in [3.63, 3.8) is 0 Å². The highest BCUT2D eigenvalue weighted by atomic mass is 32.2. The zero-order valence-corrected chi connectivity index (χ0v) is 13.2. The molecule has 0 radical (unpaired) electrons. The third kappa shape index (κ3) is 5.02. The predicted molar refractivity (Wildman–Crippen MR) is 81.5 cm³/mol. The second-order valence-electron chi connectivity index (χ2n) is 5.15. The minimum Gasteiger partial charge on any atom is -0.306 e. The molecule has 1 aromatic heterocycles. The third-order valence-electron chi connectivity index (χ3n) is 3.57. The molecule has 0 aromatic carbocycles. The van der Waals surface area contributed by atoms with Gasteiger partial charge in [-0.2, -0.15) is 16.9 Å². The van der Waals surface area contributed by atoms with Crippen LogP contribution in [-0.4, -0.2) is 46.7 Å². The molecule has 0 amide bonds. The summed E-state index contributed by atoms with van der Waals surface area (Å²) in [6, 6.07) is 0. The van der Waals surface area contributed by atoms with Crippen molar-refractivity contribution in [3.8, 4) is 0 Å². The van der Waals surface area contributed by atoms with E-state index >= 15 is 0 Å². The van der Waals surface area contributed by atoms with Gasteiger partial charge in [-0.3, -0.25) is 5.10 Å². The molecule has 0 spiro atoms. The number of hydrogen-bond acceptors (Lipinski definition) is 3. The molecule has 1 N–H and O–H groups in total. The summed E-state index contributed by atoms with van der Waals surface area (Å²) < 4.78 is 0. The minimum absolute atomic E-state index is 0.769. The second-order valence-corrected chi connectivity index (χ2v) is 6.43. The van der Waals surface area contributed by atoms with Crippen molar-refractivity contribution in [1.82, 2.24) is 15.1 Å². The van der Waals surface area contributed by atoms with Gasteiger partial charge in [-0.25, -0.2) is 0 Å². The summed E-state index contributed by atoms with van der Waals surface area (Å²) in [5, 5.41) is 8.07. The maximum absolute atomic E-state index is 4.24. The lowest BCUT2D eigenvalue weighted by Crippen LogP contribution is -2.23. The zero-order chi connectivity index (χ0) is 13.5. The van der Waals surface area contributed by atoms with Crippen LogP contribution in [0.25, 0.3) is 0 Å². The number of thioether (sulfide) groups is 1. The lowest BCUT2D eigenvalue weighted by atomic mass is 10.1. The maximum Gasteiger partial charge on any atom is 0.0625 e. The van der Waals surface area contributed by atoms with Gasteiger partial charge >= 0.3 is 0 Å². The SMILES string of the molecule is CS[C@H](C)CCN(C)CCCc1c(C)n[nH]c1C. The van der Waals surface area contributed by atoms with Crippen molar-refractivity contribution >= 4 is 11.8 Å². The molecule has 1 atom stereocenters. The van der Waals surface area contributed by atoms with E-state index in [0.717, 1.165) is 17.4 Å². The van der Waals surface area contributed by atoms with Crippen molar-refractivity contribution in [1.29, 1.82) is 0 Å². The first kappa shape index (κ1) is 15.6. The molecular formula is C14H27N3S. The lowest BCUT2D eigenvalue weighted by Gasteiger charge is -2.18. The van der Waals surface area contributed by atoms with Crippen LogP contribution in [-0.2, 0) is 6.42 Å². The number of aromatic amines is 1. The van der Waals surface area contributed by atoms with Crippen LogP contribution >= 0.6 is 11.8 Å². The van der Waals surface area contributed by atoms with Crippen molar-refractivity contribution in [2.75, 3.05) is 26.4 Å². The molecule has 0 aliphatic rings. The van der Waals surface area contributed by atoms with E-state index in [4.69, 9.17) is 0 Å². The van der Waals surface area contributed by atoms with Crippen LogP contribution in [0.5, 0.6) is 0 Å². The normalized spacial score (nSPS) is 13.2. The van der Waals surface area contributed by atoms with E-state index in [9.17, 15) is 0 Å². The second kappa shape index (κ2) is 7.85. The highest BCUT2D eigenvalue weighted by Gasteiger charge is 2.07. The fourth-order valence-corrected chi connectivity index (χ4v) is 2.44. The molecule has 0 saturated heterocycles. The van der Waals surface area contributed by atoms with Gasteiger partial charge in [-0.1, -0.05) is 6.92 Å². The summed E-state index contributed by atoms with van der Waals surface area (Å²) in [6.45, 7) is 8.87. The number of nitrogens with one attached hydrogen (secondary N) is 1. The first-order chi connectivity index (χ1) is 8.54. The lowest BCUT2D eigenvalue weighted by molar-refractivity contribution is 0.325. The molecule has 3 nitrogen and oxygen atoms in total. The van der Waals surface area contributed by atoms with Crippen LogP contribution in [0.4, 0.5) is 0 Å². The first-order valence-electron chi connectivity index (χ1n) is 6.76. The van der Waals surface area contributed by atoms with Gasteiger partial charge in [0.25, 0.3) is 0 Å². The van der Waals surface area contributed by atoms with E-state index < -0.39 is 0 Å². The van der Waals surface area contributed by atoms with Gasteiger partial charge in [0, 0.05) is 10.9 Å². The molecule has 1 heterocycles. The van der Waals surface area contributed by atoms with Crippen molar-refractivity contribution in [3.05, 3.63) is 17.0 Å². The quantitative estimate of drug-likeness (QED) is 0.787. The zero-order valence-electron chi connectivity index (χ0n) is 12.4. The number of H-pyrrole nitrogens is 1. The van der Waals surface area contributed by atoms with Crippen LogP contribution in [0.1, 0.15) is 36.7 Å². The summed E-state index contributed by atoms with van der Waals surface area (Å²) in [5.74, 6) is 0. The van der Waals surface area contributed by atoms with Gasteiger partial charge in [-0.05, 0) is 65.1 Å². The van der Waals surface area contributed by atoms with Crippen LogP contribution in [0.3, 0.4) is 0 Å². The Bertz CT molecular complexity index is 329. The monoisotopic (exact) mass is 269 g/mol. The van der Waals surface area contributed by atoms with Crippen LogP contribution in [0.15, 0.2) is 0 Å². The fraction of sp³-hybridized carbons (Fsp3) is 0.786. The van der Waals surface area contributed by atoms with Gasteiger partial charge in [0.2, 0.25) is 0 Å².